The molecule has 1 aliphatic rings. The van der Waals surface area contributed by atoms with Crippen LogP contribution in [0.15, 0.2) is 54.6 Å². The van der Waals surface area contributed by atoms with Crippen molar-refractivity contribution in [3.8, 4) is 0 Å². The number of tetrazole rings is 1. The largest absolute Gasteiger partial charge is 0.383 e. The highest BCUT2D eigenvalue weighted by molar-refractivity contribution is 5.26. The topological polar surface area (TPSA) is 61.7 Å². The van der Waals surface area contributed by atoms with Gasteiger partial charge in [-0.15, -0.1) is 5.10 Å². The second-order valence-corrected chi connectivity index (χ2v) is 8.17. The summed E-state index contributed by atoms with van der Waals surface area (Å²) in [4.78, 5) is 3.18. The van der Waals surface area contributed by atoms with Crippen LogP contribution < -0.4 is 9.80 Å². The first kappa shape index (κ1) is 20.7. The van der Waals surface area contributed by atoms with E-state index >= 15 is 0 Å². The summed E-state index contributed by atoms with van der Waals surface area (Å²) in [6, 6.07) is 19.8. The van der Waals surface area contributed by atoms with Crippen LogP contribution in [0, 0.1) is 6.92 Å². The Morgan fingerprint density at radius 2 is 1.73 bits per heavy atom. The van der Waals surface area contributed by atoms with Crippen LogP contribution in [0.3, 0.4) is 0 Å². The first-order chi connectivity index (χ1) is 14.7. The van der Waals surface area contributed by atoms with E-state index < -0.39 is 0 Å². The van der Waals surface area contributed by atoms with Crippen molar-refractivity contribution in [2.75, 3.05) is 39.9 Å². The van der Waals surface area contributed by atoms with Crippen molar-refractivity contribution >= 4 is 0 Å². The Morgan fingerprint density at radius 1 is 1.00 bits per heavy atom. The smallest absolute Gasteiger partial charge is 0.214 e. The number of piperazine rings is 1. The van der Waals surface area contributed by atoms with Crippen LogP contribution in [0.4, 0.5) is 0 Å². The molecule has 0 spiro atoms. The molecule has 1 saturated heterocycles. The molecule has 0 aliphatic carbocycles. The Kier molecular flexibility index (Phi) is 6.84. The van der Waals surface area contributed by atoms with Gasteiger partial charge < -0.3 is 14.5 Å². The minimum absolute atomic E-state index is 0.135. The summed E-state index contributed by atoms with van der Waals surface area (Å²) in [7, 11) is 1.71. The third kappa shape index (κ3) is 4.92. The summed E-state index contributed by atoms with van der Waals surface area (Å²) >= 11 is 0. The predicted octanol–water partition coefficient (Wildman–Crippen LogP) is -0.299. The average Bonchev–Trinajstić information content (AvgIpc) is 3.24. The highest BCUT2D eigenvalue weighted by atomic mass is 16.5. The Morgan fingerprint density at radius 3 is 2.43 bits per heavy atom. The SMILES string of the molecule is COCCn1nnnc1[C@@H](c1ccc(C)cc1)[NH+]1CC[NH+](Cc2ccccc2)CC1. The lowest BCUT2D eigenvalue weighted by Gasteiger charge is -2.34. The van der Waals surface area contributed by atoms with Gasteiger partial charge in [0.05, 0.1) is 13.2 Å². The van der Waals surface area contributed by atoms with E-state index in [-0.39, 0.29) is 6.04 Å². The maximum absolute atomic E-state index is 5.26. The molecule has 1 atom stereocenters. The van der Waals surface area contributed by atoms with Crippen LogP contribution in [0.2, 0.25) is 0 Å². The lowest BCUT2D eigenvalue weighted by atomic mass is 10.0. The van der Waals surface area contributed by atoms with Gasteiger partial charge >= 0.3 is 0 Å². The van der Waals surface area contributed by atoms with Gasteiger partial charge in [0.15, 0.2) is 6.04 Å². The Bertz CT molecular complexity index is 903. The molecule has 0 radical (unpaired) electrons. The van der Waals surface area contributed by atoms with Crippen molar-refractivity contribution in [2.24, 2.45) is 0 Å². The quantitative estimate of drug-likeness (QED) is 0.537. The number of rotatable bonds is 8. The van der Waals surface area contributed by atoms with Gasteiger partial charge in [0.25, 0.3) is 0 Å². The second-order valence-electron chi connectivity index (χ2n) is 8.17. The zero-order valence-electron chi connectivity index (χ0n) is 17.9. The van der Waals surface area contributed by atoms with Crippen LogP contribution in [-0.2, 0) is 17.8 Å². The van der Waals surface area contributed by atoms with Gasteiger partial charge in [0.2, 0.25) is 5.82 Å². The number of nitrogens with one attached hydrogen (secondary N) is 2. The van der Waals surface area contributed by atoms with E-state index in [0.717, 1.165) is 38.5 Å². The van der Waals surface area contributed by atoms with E-state index in [0.29, 0.717) is 13.2 Å². The number of nitrogens with zero attached hydrogens (tertiary/aromatic N) is 4. The number of methoxy groups -OCH3 is 1. The van der Waals surface area contributed by atoms with Crippen LogP contribution in [-0.4, -0.2) is 60.1 Å². The Hall–Kier alpha value is -2.61. The van der Waals surface area contributed by atoms with Gasteiger partial charge in [-0.2, -0.15) is 0 Å². The molecule has 1 aliphatic heterocycles. The van der Waals surface area contributed by atoms with Gasteiger partial charge in [-0.25, -0.2) is 4.68 Å². The van der Waals surface area contributed by atoms with E-state index in [1.807, 2.05) is 4.68 Å². The monoisotopic (exact) mass is 408 g/mol. The van der Waals surface area contributed by atoms with Gasteiger partial charge in [-0.3, -0.25) is 0 Å². The van der Waals surface area contributed by atoms with Gasteiger partial charge in [-0.05, 0) is 17.4 Å². The number of aryl methyl sites for hydroxylation is 1. The van der Waals surface area contributed by atoms with E-state index in [9.17, 15) is 0 Å². The Labute approximate surface area is 178 Å². The summed E-state index contributed by atoms with van der Waals surface area (Å²) in [5, 5.41) is 12.7. The molecule has 0 bridgehead atoms. The number of quaternary nitrogens is 2. The molecule has 30 heavy (non-hydrogen) atoms. The molecular formula is C23H32N6O+2. The lowest BCUT2D eigenvalue weighted by Crippen LogP contribution is -3.27. The summed E-state index contributed by atoms with van der Waals surface area (Å²) < 4.78 is 7.17. The molecule has 158 valence electrons. The summed E-state index contributed by atoms with van der Waals surface area (Å²) in [5.41, 5.74) is 3.95. The summed E-state index contributed by atoms with van der Waals surface area (Å²) in [5.74, 6) is 0.928. The van der Waals surface area contributed by atoms with Crippen LogP contribution in [0.25, 0.3) is 0 Å². The van der Waals surface area contributed by atoms with Crippen molar-refractivity contribution in [1.29, 1.82) is 0 Å². The molecule has 4 rings (SSSR count). The Balaban J connectivity index is 1.52. The van der Waals surface area contributed by atoms with Crippen LogP contribution in [0.5, 0.6) is 0 Å². The van der Waals surface area contributed by atoms with Crippen molar-refractivity contribution in [1.82, 2.24) is 20.2 Å². The van der Waals surface area contributed by atoms with E-state index in [1.165, 1.54) is 21.6 Å². The third-order valence-corrected chi connectivity index (χ3v) is 6.04. The highest BCUT2D eigenvalue weighted by Gasteiger charge is 2.35. The number of benzene rings is 2. The number of aromatic nitrogens is 4. The molecule has 2 aromatic carbocycles. The lowest BCUT2D eigenvalue weighted by molar-refractivity contribution is -1.03. The molecule has 0 saturated carbocycles. The van der Waals surface area contributed by atoms with Crippen molar-refractivity contribution in [3.05, 3.63) is 77.1 Å². The van der Waals surface area contributed by atoms with Gasteiger partial charge in [0, 0.05) is 18.2 Å². The summed E-state index contributed by atoms with van der Waals surface area (Å²) in [6.45, 7) is 8.96. The fourth-order valence-electron chi connectivity index (χ4n) is 4.36. The molecular weight excluding hydrogens is 376 g/mol. The zero-order chi connectivity index (χ0) is 20.8. The van der Waals surface area contributed by atoms with Crippen LogP contribution in [0.1, 0.15) is 28.6 Å². The minimum Gasteiger partial charge on any atom is -0.383 e. The van der Waals surface area contributed by atoms with Crippen LogP contribution >= 0.6 is 0 Å². The van der Waals surface area contributed by atoms with Gasteiger partial charge in [-0.1, -0.05) is 60.2 Å². The average molecular weight is 409 g/mol. The highest BCUT2D eigenvalue weighted by Crippen LogP contribution is 2.18. The van der Waals surface area contributed by atoms with E-state index in [1.54, 1.807) is 12.0 Å². The molecule has 2 N–H and O–H groups in total. The third-order valence-electron chi connectivity index (χ3n) is 6.04. The molecule has 0 amide bonds. The normalized spacial score (nSPS) is 20.2. The standard InChI is InChI=1S/C23H30N6O/c1-19-8-10-21(11-9-19)22(23-24-25-26-29(23)16-17-30-2)28-14-12-27(13-15-28)18-20-6-4-3-5-7-20/h3-11,22H,12-18H2,1-2H3/p+2/t22-/m1/s1. The number of hydrogen-bond acceptors (Lipinski definition) is 4. The van der Waals surface area contributed by atoms with Crippen molar-refractivity contribution in [2.45, 2.75) is 26.1 Å². The van der Waals surface area contributed by atoms with Crippen molar-refractivity contribution in [3.63, 3.8) is 0 Å². The van der Waals surface area contributed by atoms with Gasteiger partial charge in [0.1, 0.15) is 32.7 Å². The molecule has 1 fully saturated rings. The number of hydrogen-bond donors (Lipinski definition) is 2. The van der Waals surface area contributed by atoms with E-state index in [2.05, 4.69) is 77.0 Å². The summed E-state index contributed by atoms with van der Waals surface area (Å²) in [6.07, 6.45) is 0. The van der Waals surface area contributed by atoms with E-state index in [4.69, 9.17) is 4.74 Å². The molecule has 0 unspecified atom stereocenters. The fraction of sp³-hybridized carbons (Fsp3) is 0.435. The second kappa shape index (κ2) is 9.93. The molecule has 3 aromatic rings. The first-order valence-electron chi connectivity index (χ1n) is 10.8. The fourth-order valence-corrected chi connectivity index (χ4v) is 4.36. The zero-order valence-corrected chi connectivity index (χ0v) is 17.9. The number of ether oxygens (including phenoxy) is 1. The molecule has 7 heteroatoms. The predicted molar refractivity (Wildman–Crippen MR) is 114 cm³/mol. The first-order valence-corrected chi connectivity index (χ1v) is 10.8. The molecule has 1 aromatic heterocycles. The maximum atomic E-state index is 5.26. The molecule has 2 heterocycles. The molecule has 7 nitrogen and oxygen atoms in total. The van der Waals surface area contributed by atoms with Crippen molar-refractivity contribution < 1.29 is 14.5 Å². The minimum atomic E-state index is 0.135. The maximum Gasteiger partial charge on any atom is 0.214 e.